The van der Waals surface area contributed by atoms with Crippen molar-refractivity contribution in [3.63, 3.8) is 0 Å². The number of aliphatic hydroxyl groups excluding tert-OH is 1. The molecule has 4 heteroatoms. The van der Waals surface area contributed by atoms with E-state index in [-0.39, 0.29) is 5.23 Å². The molecule has 76 valence electrons. The number of nitrogens with two attached hydrogens (primary N) is 1. The van der Waals surface area contributed by atoms with Gasteiger partial charge in [0.2, 0.25) is 0 Å². The van der Waals surface area contributed by atoms with Crippen LogP contribution in [-0.2, 0) is 6.54 Å². The summed E-state index contributed by atoms with van der Waals surface area (Å²) < 4.78 is 1.67. The molecule has 0 amide bonds. The van der Waals surface area contributed by atoms with E-state index in [9.17, 15) is 5.11 Å². The first kappa shape index (κ1) is 11.1. The summed E-state index contributed by atoms with van der Waals surface area (Å²) in [5.41, 5.74) is 6.58. The maximum absolute atomic E-state index is 9.49. The van der Waals surface area contributed by atoms with E-state index >= 15 is 0 Å². The fraction of sp³-hybridized carbons (Fsp3) is 0.300. The summed E-state index contributed by atoms with van der Waals surface area (Å²) >= 11 is 1.33. The van der Waals surface area contributed by atoms with Gasteiger partial charge >= 0.3 is 5.23 Å². The molecule has 0 saturated carbocycles. The van der Waals surface area contributed by atoms with Gasteiger partial charge in [0.25, 0.3) is 0 Å². The van der Waals surface area contributed by atoms with Gasteiger partial charge in [-0.05, 0) is 17.7 Å². The highest BCUT2D eigenvalue weighted by molar-refractivity contribution is 8.13. The van der Waals surface area contributed by atoms with E-state index in [1.54, 1.807) is 18.7 Å². The van der Waals surface area contributed by atoms with E-state index in [0.29, 0.717) is 6.54 Å². The van der Waals surface area contributed by atoms with Crippen LogP contribution in [0.2, 0.25) is 0 Å². The van der Waals surface area contributed by atoms with Crippen LogP contribution < -0.4 is 5.73 Å². The van der Waals surface area contributed by atoms with Crippen LogP contribution in [0, 0.1) is 0 Å². The largest absolute Gasteiger partial charge is 0.455 e. The van der Waals surface area contributed by atoms with Crippen LogP contribution in [0.5, 0.6) is 0 Å². The van der Waals surface area contributed by atoms with Crippen molar-refractivity contribution in [2.45, 2.75) is 11.4 Å². The molecular formula is C10H15N2OS+. The first-order valence-electron chi connectivity index (χ1n) is 4.33. The highest BCUT2D eigenvalue weighted by Gasteiger charge is 2.06. The lowest BCUT2D eigenvalue weighted by molar-refractivity contribution is -0.469. The number of aliphatic hydroxyl groups is 1. The number of rotatable bonds is 2. The lowest BCUT2D eigenvalue weighted by atomic mass is 10.2. The number of benzene rings is 1. The van der Waals surface area contributed by atoms with Crippen molar-refractivity contribution < 1.29 is 9.68 Å². The van der Waals surface area contributed by atoms with Gasteiger partial charge in [0.05, 0.1) is 0 Å². The second-order valence-electron chi connectivity index (χ2n) is 3.13. The van der Waals surface area contributed by atoms with Crippen molar-refractivity contribution >= 4 is 17.0 Å². The molecule has 0 aromatic heterocycles. The van der Waals surface area contributed by atoms with E-state index in [1.165, 1.54) is 11.8 Å². The van der Waals surface area contributed by atoms with Crippen LogP contribution in [0.25, 0.3) is 0 Å². The summed E-state index contributed by atoms with van der Waals surface area (Å²) in [6, 6.07) is 7.83. The summed E-state index contributed by atoms with van der Waals surface area (Å²) in [6.45, 7) is 0.550. The maximum Gasteiger partial charge on any atom is 0.402 e. The van der Waals surface area contributed by atoms with Crippen LogP contribution in [0.1, 0.15) is 5.56 Å². The molecule has 0 bridgehead atoms. The third-order valence-electron chi connectivity index (χ3n) is 1.75. The van der Waals surface area contributed by atoms with Gasteiger partial charge in [-0.1, -0.05) is 12.1 Å². The zero-order valence-corrected chi connectivity index (χ0v) is 9.21. The molecule has 3 N–H and O–H groups in total. The minimum atomic E-state index is 0.283. The molecule has 0 atom stereocenters. The van der Waals surface area contributed by atoms with Crippen molar-refractivity contribution in [2.75, 3.05) is 14.1 Å². The van der Waals surface area contributed by atoms with E-state index in [1.807, 2.05) is 24.3 Å². The smallest absolute Gasteiger partial charge is 0.402 e. The molecule has 0 unspecified atom stereocenters. The molecule has 0 heterocycles. The highest BCUT2D eigenvalue weighted by Crippen LogP contribution is 2.18. The molecule has 3 nitrogen and oxygen atoms in total. The van der Waals surface area contributed by atoms with Crippen LogP contribution in [-0.4, -0.2) is 29.0 Å². The first-order valence-corrected chi connectivity index (χ1v) is 5.15. The molecule has 0 spiro atoms. The molecule has 14 heavy (non-hydrogen) atoms. The normalized spacial score (nSPS) is 9.93. The average molecular weight is 211 g/mol. The summed E-state index contributed by atoms with van der Waals surface area (Å²) in [5, 5.41) is 9.77. The topological polar surface area (TPSA) is 49.3 Å². The third kappa shape index (κ3) is 3.05. The molecule has 0 aliphatic rings. The zero-order chi connectivity index (χ0) is 10.6. The molecule has 1 rings (SSSR count). The van der Waals surface area contributed by atoms with Gasteiger partial charge in [-0.3, -0.25) is 0 Å². The van der Waals surface area contributed by atoms with Crippen molar-refractivity contribution in [3.05, 3.63) is 29.8 Å². The minimum absolute atomic E-state index is 0.283. The van der Waals surface area contributed by atoms with Crippen molar-refractivity contribution in [2.24, 2.45) is 5.73 Å². The Kier molecular flexibility index (Phi) is 3.98. The maximum atomic E-state index is 9.49. The van der Waals surface area contributed by atoms with E-state index in [0.717, 1.165) is 10.5 Å². The van der Waals surface area contributed by atoms with Gasteiger partial charge in [-0.15, -0.1) is 0 Å². The number of thioether (sulfide) groups is 1. The summed E-state index contributed by atoms with van der Waals surface area (Å²) in [4.78, 5) is 1.01. The van der Waals surface area contributed by atoms with E-state index < -0.39 is 0 Å². The quantitative estimate of drug-likeness (QED) is 0.337. The van der Waals surface area contributed by atoms with Crippen LogP contribution >= 0.6 is 11.8 Å². The molecule has 1 aromatic carbocycles. The molecule has 0 fully saturated rings. The molecule has 0 aliphatic carbocycles. The van der Waals surface area contributed by atoms with Gasteiger partial charge < -0.3 is 10.8 Å². The number of hydrogen-bond donors (Lipinski definition) is 2. The Bertz CT molecular complexity index is 328. The fourth-order valence-corrected chi connectivity index (χ4v) is 1.56. The van der Waals surface area contributed by atoms with Gasteiger partial charge in [-0.2, -0.15) is 4.58 Å². The summed E-state index contributed by atoms with van der Waals surface area (Å²) in [7, 11) is 3.60. The van der Waals surface area contributed by atoms with Crippen LogP contribution in [0.15, 0.2) is 29.2 Å². The first-order chi connectivity index (χ1) is 6.63. The second kappa shape index (κ2) is 5.02. The van der Waals surface area contributed by atoms with Crippen LogP contribution in [0.3, 0.4) is 0 Å². The Labute approximate surface area is 88.3 Å². The van der Waals surface area contributed by atoms with Crippen molar-refractivity contribution in [3.8, 4) is 0 Å². The Morgan fingerprint density at radius 1 is 1.36 bits per heavy atom. The van der Waals surface area contributed by atoms with Gasteiger partial charge in [0.15, 0.2) is 0 Å². The lowest BCUT2D eigenvalue weighted by Gasteiger charge is -1.99. The average Bonchev–Trinajstić information content (AvgIpc) is 2.19. The predicted octanol–water partition coefficient (Wildman–Crippen LogP) is 1.42. The second-order valence-corrected chi connectivity index (χ2v) is 4.17. The molecule has 0 aliphatic heterocycles. The van der Waals surface area contributed by atoms with Crippen LogP contribution in [0.4, 0.5) is 0 Å². The van der Waals surface area contributed by atoms with Gasteiger partial charge in [0.1, 0.15) is 14.1 Å². The van der Waals surface area contributed by atoms with Crippen molar-refractivity contribution in [1.82, 2.24) is 0 Å². The Hall–Kier alpha value is -1.00. The number of nitrogens with zero attached hydrogens (tertiary/aromatic N) is 1. The standard InChI is InChI=1S/C10H14N2OS/c1-12(2)10(13)14-9-5-3-8(7-11)4-6-9/h3-6H,7,11H2,1-2H3/p+1. The molecular weight excluding hydrogens is 196 g/mol. The van der Waals surface area contributed by atoms with Gasteiger partial charge in [-0.25, -0.2) is 0 Å². The Balaban J connectivity index is 2.74. The van der Waals surface area contributed by atoms with Gasteiger partial charge in [0, 0.05) is 23.2 Å². The minimum Gasteiger partial charge on any atom is -0.455 e. The Morgan fingerprint density at radius 2 is 1.93 bits per heavy atom. The lowest BCUT2D eigenvalue weighted by Crippen LogP contribution is -2.07. The molecule has 1 aromatic rings. The summed E-state index contributed by atoms with van der Waals surface area (Å²) in [5.74, 6) is 0. The van der Waals surface area contributed by atoms with Crippen molar-refractivity contribution in [1.29, 1.82) is 0 Å². The van der Waals surface area contributed by atoms with E-state index in [2.05, 4.69) is 0 Å². The molecule has 0 saturated heterocycles. The fourth-order valence-electron chi connectivity index (χ4n) is 0.890. The Morgan fingerprint density at radius 3 is 2.36 bits per heavy atom. The molecule has 0 radical (unpaired) electrons. The highest BCUT2D eigenvalue weighted by atomic mass is 32.2. The zero-order valence-electron chi connectivity index (χ0n) is 8.40. The monoisotopic (exact) mass is 211 g/mol. The van der Waals surface area contributed by atoms with E-state index in [4.69, 9.17) is 5.73 Å². The summed E-state index contributed by atoms with van der Waals surface area (Å²) in [6.07, 6.45) is 0. The number of hydrogen-bond acceptors (Lipinski definition) is 2. The third-order valence-corrected chi connectivity index (χ3v) is 2.81. The predicted molar refractivity (Wildman–Crippen MR) is 59.9 cm³/mol. The SMILES string of the molecule is C[N+](C)=C(O)Sc1ccc(CN)cc1.